The van der Waals surface area contributed by atoms with E-state index >= 15 is 0 Å². The molecule has 1 atom stereocenters. The van der Waals surface area contributed by atoms with Gasteiger partial charge in [0, 0.05) is 6.04 Å². The van der Waals surface area contributed by atoms with Crippen LogP contribution in [-0.4, -0.2) is 20.2 Å². The average molecular weight is 219 g/mol. The molecular formula is C14H21NO. The summed E-state index contributed by atoms with van der Waals surface area (Å²) in [6, 6.07) is 8.53. The highest BCUT2D eigenvalue weighted by atomic mass is 16.5. The van der Waals surface area contributed by atoms with Crippen molar-refractivity contribution in [3.63, 3.8) is 0 Å². The molecule has 0 aliphatic carbocycles. The second-order valence-electron chi connectivity index (χ2n) is 4.16. The molecule has 1 N–H and O–H groups in total. The number of para-hydroxylation sites is 1. The van der Waals surface area contributed by atoms with E-state index < -0.39 is 0 Å². The molecule has 0 saturated heterocycles. The molecule has 0 aromatic heterocycles. The number of rotatable bonds is 5. The Balaban J connectivity index is 2.81. The molecule has 1 aromatic carbocycles. The highest BCUT2D eigenvalue weighted by molar-refractivity contribution is 5.34. The van der Waals surface area contributed by atoms with Crippen LogP contribution in [0.5, 0.6) is 5.75 Å². The van der Waals surface area contributed by atoms with Crippen molar-refractivity contribution in [2.75, 3.05) is 14.2 Å². The van der Waals surface area contributed by atoms with Crippen LogP contribution < -0.4 is 10.1 Å². The van der Waals surface area contributed by atoms with E-state index in [0.717, 1.165) is 12.2 Å². The predicted octanol–water partition coefficient (Wildman–Crippen LogP) is 2.79. The summed E-state index contributed by atoms with van der Waals surface area (Å²) in [5, 5.41) is 3.30. The molecule has 0 bridgehead atoms. The minimum absolute atomic E-state index is 0.362. The standard InChI is InChI=1S/C14H21NO/c1-11(2)9-13(15-3)10-12-7-5-6-8-14(12)16-4/h5-9,13,15H,10H2,1-4H3. The third-order valence-corrected chi connectivity index (χ3v) is 2.54. The van der Waals surface area contributed by atoms with Crippen LogP contribution >= 0.6 is 0 Å². The van der Waals surface area contributed by atoms with Crippen LogP contribution in [0.2, 0.25) is 0 Å². The summed E-state index contributed by atoms with van der Waals surface area (Å²) in [5.74, 6) is 0.963. The maximum atomic E-state index is 5.35. The first-order valence-corrected chi connectivity index (χ1v) is 5.61. The van der Waals surface area contributed by atoms with Gasteiger partial charge < -0.3 is 10.1 Å². The van der Waals surface area contributed by atoms with Crippen LogP contribution in [0, 0.1) is 0 Å². The zero-order chi connectivity index (χ0) is 12.0. The first-order valence-electron chi connectivity index (χ1n) is 5.61. The van der Waals surface area contributed by atoms with E-state index in [0.29, 0.717) is 6.04 Å². The maximum absolute atomic E-state index is 5.35. The Morgan fingerprint density at radius 2 is 2.06 bits per heavy atom. The summed E-state index contributed by atoms with van der Waals surface area (Å²) < 4.78 is 5.35. The highest BCUT2D eigenvalue weighted by Gasteiger charge is 2.07. The van der Waals surface area contributed by atoms with Gasteiger partial charge in [0.2, 0.25) is 0 Å². The number of methoxy groups -OCH3 is 1. The summed E-state index contributed by atoms with van der Waals surface area (Å²) in [6.45, 7) is 4.24. The monoisotopic (exact) mass is 219 g/mol. The van der Waals surface area contributed by atoms with Gasteiger partial charge in [-0.25, -0.2) is 0 Å². The van der Waals surface area contributed by atoms with E-state index in [9.17, 15) is 0 Å². The van der Waals surface area contributed by atoms with E-state index in [1.54, 1.807) is 7.11 Å². The van der Waals surface area contributed by atoms with Crippen LogP contribution in [0.25, 0.3) is 0 Å². The van der Waals surface area contributed by atoms with Crippen molar-refractivity contribution in [3.05, 3.63) is 41.5 Å². The lowest BCUT2D eigenvalue weighted by atomic mass is 10.0. The van der Waals surface area contributed by atoms with Crippen molar-refractivity contribution in [1.82, 2.24) is 5.32 Å². The lowest BCUT2D eigenvalue weighted by molar-refractivity contribution is 0.408. The van der Waals surface area contributed by atoms with Gasteiger partial charge in [0.15, 0.2) is 0 Å². The fraction of sp³-hybridized carbons (Fsp3) is 0.429. The third-order valence-electron chi connectivity index (χ3n) is 2.54. The van der Waals surface area contributed by atoms with E-state index in [-0.39, 0.29) is 0 Å². The zero-order valence-electron chi connectivity index (χ0n) is 10.6. The number of nitrogens with one attached hydrogen (secondary N) is 1. The Morgan fingerprint density at radius 3 is 2.62 bits per heavy atom. The van der Waals surface area contributed by atoms with Crippen LogP contribution in [0.1, 0.15) is 19.4 Å². The number of hydrogen-bond acceptors (Lipinski definition) is 2. The van der Waals surface area contributed by atoms with Crippen molar-refractivity contribution in [2.45, 2.75) is 26.3 Å². The van der Waals surface area contributed by atoms with Gasteiger partial charge in [0.1, 0.15) is 5.75 Å². The molecule has 16 heavy (non-hydrogen) atoms. The molecule has 0 fully saturated rings. The largest absolute Gasteiger partial charge is 0.496 e. The molecule has 0 saturated carbocycles. The Morgan fingerprint density at radius 1 is 1.38 bits per heavy atom. The van der Waals surface area contributed by atoms with Crippen molar-refractivity contribution < 1.29 is 4.74 Å². The fourth-order valence-corrected chi connectivity index (χ4v) is 1.76. The van der Waals surface area contributed by atoms with Gasteiger partial charge in [-0.15, -0.1) is 0 Å². The van der Waals surface area contributed by atoms with Crippen LogP contribution in [-0.2, 0) is 6.42 Å². The van der Waals surface area contributed by atoms with E-state index in [4.69, 9.17) is 4.74 Å². The van der Waals surface area contributed by atoms with Gasteiger partial charge in [0.05, 0.1) is 7.11 Å². The van der Waals surface area contributed by atoms with Gasteiger partial charge in [0.25, 0.3) is 0 Å². The average Bonchev–Trinajstić information content (AvgIpc) is 2.28. The van der Waals surface area contributed by atoms with Gasteiger partial charge >= 0.3 is 0 Å². The number of likely N-dealkylation sites (N-methyl/N-ethyl adjacent to an activating group) is 1. The first kappa shape index (κ1) is 12.8. The van der Waals surface area contributed by atoms with E-state index in [1.165, 1.54) is 11.1 Å². The number of allylic oxidation sites excluding steroid dienone is 1. The summed E-state index contributed by atoms with van der Waals surface area (Å²) in [7, 11) is 3.70. The van der Waals surface area contributed by atoms with Crippen LogP contribution in [0.4, 0.5) is 0 Å². The van der Waals surface area contributed by atoms with E-state index in [2.05, 4.69) is 31.3 Å². The van der Waals surface area contributed by atoms with Crippen molar-refractivity contribution in [3.8, 4) is 5.75 Å². The molecule has 0 heterocycles. The van der Waals surface area contributed by atoms with Gasteiger partial charge in [-0.1, -0.05) is 29.8 Å². The quantitative estimate of drug-likeness (QED) is 0.769. The Kier molecular flexibility index (Phi) is 5.06. The molecule has 0 aliphatic rings. The summed E-state index contributed by atoms with van der Waals surface area (Å²) in [4.78, 5) is 0. The molecule has 0 aliphatic heterocycles. The lowest BCUT2D eigenvalue weighted by Crippen LogP contribution is -2.25. The third kappa shape index (κ3) is 3.70. The molecule has 0 spiro atoms. The molecule has 2 heteroatoms. The van der Waals surface area contributed by atoms with Gasteiger partial charge in [-0.2, -0.15) is 0 Å². The molecule has 0 amide bonds. The topological polar surface area (TPSA) is 21.3 Å². The molecule has 2 nitrogen and oxygen atoms in total. The number of hydrogen-bond donors (Lipinski definition) is 1. The summed E-state index contributed by atoms with van der Waals surface area (Å²) in [6.07, 6.45) is 3.19. The minimum Gasteiger partial charge on any atom is -0.496 e. The first-order chi connectivity index (χ1) is 7.67. The fourth-order valence-electron chi connectivity index (χ4n) is 1.76. The number of ether oxygens (including phenoxy) is 1. The second-order valence-corrected chi connectivity index (χ2v) is 4.16. The van der Waals surface area contributed by atoms with Crippen molar-refractivity contribution >= 4 is 0 Å². The Hall–Kier alpha value is -1.28. The molecule has 1 unspecified atom stereocenters. The Labute approximate surface area is 98.3 Å². The van der Waals surface area contributed by atoms with Crippen molar-refractivity contribution in [2.24, 2.45) is 0 Å². The number of benzene rings is 1. The molecule has 0 radical (unpaired) electrons. The molecule has 1 aromatic rings. The smallest absolute Gasteiger partial charge is 0.122 e. The van der Waals surface area contributed by atoms with Crippen molar-refractivity contribution in [1.29, 1.82) is 0 Å². The minimum atomic E-state index is 0.362. The normalized spacial score (nSPS) is 12.0. The van der Waals surface area contributed by atoms with Crippen LogP contribution in [0.3, 0.4) is 0 Å². The highest BCUT2D eigenvalue weighted by Crippen LogP contribution is 2.19. The van der Waals surface area contributed by atoms with Crippen LogP contribution in [0.15, 0.2) is 35.9 Å². The Bertz CT molecular complexity index is 354. The van der Waals surface area contributed by atoms with E-state index in [1.807, 2.05) is 25.2 Å². The summed E-state index contributed by atoms with van der Waals surface area (Å²) >= 11 is 0. The lowest BCUT2D eigenvalue weighted by Gasteiger charge is -2.15. The molecule has 1 rings (SSSR count). The predicted molar refractivity (Wildman–Crippen MR) is 69.0 cm³/mol. The molecule has 88 valence electrons. The van der Waals surface area contributed by atoms with Gasteiger partial charge in [-0.05, 0) is 38.9 Å². The SMILES string of the molecule is CNC(C=C(C)C)Cc1ccccc1OC. The maximum Gasteiger partial charge on any atom is 0.122 e. The zero-order valence-corrected chi connectivity index (χ0v) is 10.6. The summed E-state index contributed by atoms with van der Waals surface area (Å²) in [5.41, 5.74) is 2.57. The van der Waals surface area contributed by atoms with Gasteiger partial charge in [-0.3, -0.25) is 0 Å². The second kappa shape index (κ2) is 6.33. The molecular weight excluding hydrogens is 198 g/mol.